The lowest BCUT2D eigenvalue weighted by molar-refractivity contribution is -0.116. The number of nitrogens with one attached hydrogen (secondary N) is 1. The van der Waals surface area contributed by atoms with E-state index in [1.54, 1.807) is 18.2 Å². The van der Waals surface area contributed by atoms with E-state index in [-0.39, 0.29) is 11.7 Å². The first-order valence-electron chi connectivity index (χ1n) is 5.41. The number of rotatable bonds is 3. The number of carbonyl (C=O) groups excluding carboxylic acids is 2. The first-order chi connectivity index (χ1) is 9.12. The van der Waals surface area contributed by atoms with Crippen molar-refractivity contribution in [1.82, 2.24) is 5.32 Å². The Morgan fingerprint density at radius 3 is 2.37 bits per heavy atom. The Morgan fingerprint density at radius 2 is 1.89 bits per heavy atom. The molecule has 0 unspecified atom stereocenters. The van der Waals surface area contributed by atoms with Crippen molar-refractivity contribution in [2.24, 2.45) is 4.99 Å². The molecule has 1 heterocycles. The van der Waals surface area contributed by atoms with Crippen molar-refractivity contribution in [2.75, 3.05) is 20.0 Å². The van der Waals surface area contributed by atoms with Gasteiger partial charge in [-0.1, -0.05) is 11.8 Å². The molecule has 7 heteroatoms. The first kappa shape index (κ1) is 13.4. The van der Waals surface area contributed by atoms with E-state index < -0.39 is 5.91 Å². The van der Waals surface area contributed by atoms with E-state index in [4.69, 9.17) is 9.47 Å². The quantitative estimate of drug-likeness (QED) is 0.896. The Hall–Kier alpha value is -2.02. The van der Waals surface area contributed by atoms with Crippen LogP contribution in [0.2, 0.25) is 0 Å². The van der Waals surface area contributed by atoms with Gasteiger partial charge in [-0.15, -0.1) is 0 Å². The van der Waals surface area contributed by atoms with Crippen molar-refractivity contribution in [3.8, 4) is 11.5 Å². The van der Waals surface area contributed by atoms with E-state index >= 15 is 0 Å². The molecular formula is C12H12N2O4S. The lowest BCUT2D eigenvalue weighted by Crippen LogP contribution is -2.21. The Kier molecular flexibility index (Phi) is 4.06. The summed E-state index contributed by atoms with van der Waals surface area (Å²) in [6, 6.07) is 4.79. The standard InChI is InChI=1S/C12H12N2O4S/c1-17-8-3-7(4-9(5-8)18-2)11(16)14-12-13-10(15)6-19-12/h3-5H,6H2,1-2H3,(H,13,14,15,16). The van der Waals surface area contributed by atoms with E-state index in [1.165, 1.54) is 26.0 Å². The number of methoxy groups -OCH3 is 2. The van der Waals surface area contributed by atoms with Gasteiger partial charge in [0, 0.05) is 11.6 Å². The molecule has 1 aliphatic heterocycles. The zero-order valence-corrected chi connectivity index (χ0v) is 11.2. The molecule has 1 N–H and O–H groups in total. The Morgan fingerprint density at radius 1 is 1.26 bits per heavy atom. The monoisotopic (exact) mass is 280 g/mol. The second kappa shape index (κ2) is 5.75. The smallest absolute Gasteiger partial charge is 0.279 e. The van der Waals surface area contributed by atoms with Crippen LogP contribution >= 0.6 is 11.8 Å². The van der Waals surface area contributed by atoms with Gasteiger partial charge in [0.05, 0.1) is 20.0 Å². The fourth-order valence-corrected chi connectivity index (χ4v) is 2.15. The zero-order chi connectivity index (χ0) is 13.8. The summed E-state index contributed by atoms with van der Waals surface area (Å²) in [4.78, 5) is 26.8. The number of hydrogen-bond acceptors (Lipinski definition) is 5. The molecular weight excluding hydrogens is 268 g/mol. The van der Waals surface area contributed by atoms with E-state index in [2.05, 4.69) is 10.3 Å². The Labute approximate surface area is 114 Å². The van der Waals surface area contributed by atoms with Gasteiger partial charge in [0.2, 0.25) is 5.91 Å². The minimum Gasteiger partial charge on any atom is -0.497 e. The molecule has 2 rings (SSSR count). The number of aliphatic imine (C=N–C) groups is 1. The van der Waals surface area contributed by atoms with Crippen LogP contribution < -0.4 is 14.8 Å². The highest BCUT2D eigenvalue weighted by Gasteiger charge is 2.18. The molecule has 1 fully saturated rings. The molecule has 0 saturated carbocycles. The first-order valence-corrected chi connectivity index (χ1v) is 6.39. The molecule has 19 heavy (non-hydrogen) atoms. The van der Waals surface area contributed by atoms with Crippen LogP contribution in [-0.2, 0) is 4.79 Å². The highest BCUT2D eigenvalue weighted by atomic mass is 32.2. The minimum atomic E-state index is -0.457. The van der Waals surface area contributed by atoms with Crippen molar-refractivity contribution in [3.05, 3.63) is 23.8 Å². The zero-order valence-electron chi connectivity index (χ0n) is 10.4. The Balaban J connectivity index is 2.25. The maximum Gasteiger partial charge on any atom is 0.279 e. The molecule has 6 nitrogen and oxygen atoms in total. The van der Waals surface area contributed by atoms with Gasteiger partial charge in [-0.2, -0.15) is 4.99 Å². The lowest BCUT2D eigenvalue weighted by atomic mass is 10.2. The van der Waals surface area contributed by atoms with Gasteiger partial charge in [-0.25, -0.2) is 0 Å². The van der Waals surface area contributed by atoms with Crippen LogP contribution in [0.1, 0.15) is 10.4 Å². The molecule has 0 spiro atoms. The molecule has 0 aliphatic carbocycles. The highest BCUT2D eigenvalue weighted by Crippen LogP contribution is 2.23. The Bertz CT molecular complexity index is 534. The topological polar surface area (TPSA) is 77.0 Å². The number of amides is 2. The summed E-state index contributed by atoms with van der Waals surface area (Å²) in [5.41, 5.74) is 0.338. The van der Waals surface area contributed by atoms with Gasteiger partial charge in [0.1, 0.15) is 11.5 Å². The largest absolute Gasteiger partial charge is 0.497 e. The second-order valence-corrected chi connectivity index (χ2v) is 4.62. The van der Waals surface area contributed by atoms with Crippen molar-refractivity contribution >= 4 is 28.7 Å². The van der Waals surface area contributed by atoms with Gasteiger partial charge in [-0.05, 0) is 12.1 Å². The summed E-state index contributed by atoms with van der Waals surface area (Å²) < 4.78 is 10.2. The lowest BCUT2D eigenvalue weighted by Gasteiger charge is -2.06. The average Bonchev–Trinajstić information content (AvgIpc) is 2.83. The van der Waals surface area contributed by atoms with E-state index in [0.29, 0.717) is 22.2 Å². The van der Waals surface area contributed by atoms with Crippen molar-refractivity contribution in [3.63, 3.8) is 0 Å². The molecule has 0 aromatic heterocycles. The summed E-state index contributed by atoms with van der Waals surface area (Å²) in [6.45, 7) is 0. The number of amidine groups is 1. The molecule has 1 aromatic rings. The minimum absolute atomic E-state index is 0.153. The van der Waals surface area contributed by atoms with Crippen molar-refractivity contribution in [1.29, 1.82) is 0 Å². The predicted molar refractivity (Wildman–Crippen MR) is 71.9 cm³/mol. The number of carbonyl (C=O) groups is 2. The fraction of sp³-hybridized carbons (Fsp3) is 0.250. The SMILES string of the molecule is COc1cc(OC)cc(C(=O)N=C2NC(=O)CS2)c1. The van der Waals surface area contributed by atoms with Crippen molar-refractivity contribution in [2.45, 2.75) is 0 Å². The summed E-state index contributed by atoms with van der Waals surface area (Å²) in [6.07, 6.45) is 0. The number of benzene rings is 1. The second-order valence-electron chi connectivity index (χ2n) is 3.66. The van der Waals surface area contributed by atoms with E-state index in [9.17, 15) is 9.59 Å². The average molecular weight is 280 g/mol. The highest BCUT2D eigenvalue weighted by molar-refractivity contribution is 8.15. The summed E-state index contributed by atoms with van der Waals surface area (Å²) in [5, 5.41) is 2.82. The summed E-state index contributed by atoms with van der Waals surface area (Å²) in [5.74, 6) is 0.687. The van der Waals surface area contributed by atoms with Crippen LogP contribution in [0, 0.1) is 0 Å². The van der Waals surface area contributed by atoms with Gasteiger partial charge in [-0.3, -0.25) is 9.59 Å². The molecule has 0 radical (unpaired) electrons. The molecule has 0 bridgehead atoms. The van der Waals surface area contributed by atoms with Gasteiger partial charge >= 0.3 is 0 Å². The third kappa shape index (κ3) is 3.25. The number of ether oxygens (including phenoxy) is 2. The van der Waals surface area contributed by atoms with Crippen LogP contribution in [0.5, 0.6) is 11.5 Å². The maximum atomic E-state index is 12.0. The van der Waals surface area contributed by atoms with Crippen LogP contribution in [0.3, 0.4) is 0 Å². The number of hydrogen-bond donors (Lipinski definition) is 1. The van der Waals surface area contributed by atoms with Crippen LogP contribution in [0.4, 0.5) is 0 Å². The van der Waals surface area contributed by atoms with Gasteiger partial charge < -0.3 is 14.8 Å². The molecule has 1 aromatic carbocycles. The van der Waals surface area contributed by atoms with Crippen LogP contribution in [0.15, 0.2) is 23.2 Å². The third-order valence-corrected chi connectivity index (χ3v) is 3.26. The van der Waals surface area contributed by atoms with Crippen LogP contribution in [-0.4, -0.2) is 37.0 Å². The molecule has 1 saturated heterocycles. The molecule has 100 valence electrons. The molecule has 2 amide bonds. The molecule has 1 aliphatic rings. The van der Waals surface area contributed by atoms with Crippen LogP contribution in [0.25, 0.3) is 0 Å². The predicted octanol–water partition coefficient (Wildman–Crippen LogP) is 1.06. The number of nitrogens with zero attached hydrogens (tertiary/aromatic N) is 1. The van der Waals surface area contributed by atoms with E-state index in [1.807, 2.05) is 0 Å². The fourth-order valence-electron chi connectivity index (χ4n) is 1.47. The molecule has 0 atom stereocenters. The van der Waals surface area contributed by atoms with E-state index in [0.717, 1.165) is 0 Å². The maximum absolute atomic E-state index is 12.0. The summed E-state index contributed by atoms with van der Waals surface area (Å²) in [7, 11) is 3.00. The van der Waals surface area contributed by atoms with Gasteiger partial charge in [0.15, 0.2) is 5.17 Å². The van der Waals surface area contributed by atoms with Crippen molar-refractivity contribution < 1.29 is 19.1 Å². The van der Waals surface area contributed by atoms with Gasteiger partial charge in [0.25, 0.3) is 5.91 Å². The third-order valence-electron chi connectivity index (χ3n) is 2.39. The summed E-state index contributed by atoms with van der Waals surface area (Å²) >= 11 is 1.20. The number of thioether (sulfide) groups is 1. The normalized spacial score (nSPS) is 16.3.